The molecule has 73 heavy (non-hydrogen) atoms. The van der Waals surface area contributed by atoms with Gasteiger partial charge in [-0.1, -0.05) is 246 Å². The zero-order valence-corrected chi connectivity index (χ0v) is 47.6. The molecule has 416 valence electrons. The van der Waals surface area contributed by atoms with E-state index in [1.807, 2.05) is 0 Å². The Morgan fingerprint density at radius 2 is 0.507 bits per heavy atom. The Morgan fingerprint density at radius 3 is 0.849 bits per heavy atom. The molecule has 0 N–H and O–H groups in total. The van der Waals surface area contributed by atoms with Crippen LogP contribution in [0.3, 0.4) is 0 Å². The number of esters is 3. The van der Waals surface area contributed by atoms with Gasteiger partial charge in [0.25, 0.3) is 0 Å². The van der Waals surface area contributed by atoms with Crippen LogP contribution in [-0.2, 0) is 28.6 Å². The standard InChI is InChI=1S/C67H112O6/c1-4-7-10-13-16-19-22-25-28-31-32-33-34-37-40-43-46-49-52-55-58-61-67(70)73-64(62-71-65(68)59-56-53-50-47-44-41-38-35-29-26-23-20-17-14-11-8-5-2)63-72-66(69)60-57-54-51-48-45-42-39-36-30-27-24-21-18-15-12-9-6-3/h17-18,20-21,25-30,38-39,41-42,47-48,50-51,64H,4-16,19,22-24,31-37,40,43-46,49,52-63H2,1-3H3/b20-17-,21-18-,28-25-,29-26-,30-27-,41-38-,42-39-,50-47-,51-48-. The van der Waals surface area contributed by atoms with Crippen molar-refractivity contribution in [3.8, 4) is 0 Å². The van der Waals surface area contributed by atoms with E-state index in [2.05, 4.69) is 130 Å². The van der Waals surface area contributed by atoms with Gasteiger partial charge in [-0.25, -0.2) is 0 Å². The monoisotopic (exact) mass is 1010 g/mol. The molecule has 0 amide bonds. The van der Waals surface area contributed by atoms with Gasteiger partial charge >= 0.3 is 17.9 Å². The first kappa shape index (κ1) is 69.1. The average molecular weight is 1010 g/mol. The van der Waals surface area contributed by atoms with Crippen molar-refractivity contribution in [2.24, 2.45) is 0 Å². The number of hydrogen-bond acceptors (Lipinski definition) is 6. The van der Waals surface area contributed by atoms with E-state index in [0.717, 1.165) is 70.6 Å². The average Bonchev–Trinajstić information content (AvgIpc) is 3.39. The Morgan fingerprint density at radius 1 is 0.274 bits per heavy atom. The second-order valence-corrected chi connectivity index (χ2v) is 19.9. The topological polar surface area (TPSA) is 78.9 Å². The fraction of sp³-hybridized carbons (Fsp3) is 0.687. The van der Waals surface area contributed by atoms with E-state index in [1.165, 1.54) is 154 Å². The number of rotatable bonds is 54. The molecule has 0 atom stereocenters. The summed E-state index contributed by atoms with van der Waals surface area (Å²) in [6, 6.07) is 0. The van der Waals surface area contributed by atoms with Crippen molar-refractivity contribution in [1.29, 1.82) is 0 Å². The van der Waals surface area contributed by atoms with Crippen LogP contribution >= 0.6 is 0 Å². The molecule has 0 radical (unpaired) electrons. The Hall–Kier alpha value is -3.93. The Labute approximate surface area is 450 Å². The fourth-order valence-corrected chi connectivity index (χ4v) is 8.13. The highest BCUT2D eigenvalue weighted by Gasteiger charge is 2.19. The Balaban J connectivity index is 4.52. The molecule has 0 aromatic rings. The second-order valence-electron chi connectivity index (χ2n) is 19.9. The number of hydrogen-bond donors (Lipinski definition) is 0. The van der Waals surface area contributed by atoms with Crippen LogP contribution < -0.4 is 0 Å². The van der Waals surface area contributed by atoms with Gasteiger partial charge in [-0.15, -0.1) is 0 Å². The highest BCUT2D eigenvalue weighted by molar-refractivity contribution is 5.71. The van der Waals surface area contributed by atoms with Crippen molar-refractivity contribution >= 4 is 17.9 Å². The van der Waals surface area contributed by atoms with E-state index in [4.69, 9.17) is 14.2 Å². The molecular formula is C67H112O6. The van der Waals surface area contributed by atoms with E-state index >= 15 is 0 Å². The fourth-order valence-electron chi connectivity index (χ4n) is 8.13. The quantitative estimate of drug-likeness (QED) is 0.0261. The first-order valence-electron chi connectivity index (χ1n) is 30.4. The number of allylic oxidation sites excluding steroid dienone is 18. The van der Waals surface area contributed by atoms with E-state index in [-0.39, 0.29) is 44.0 Å². The van der Waals surface area contributed by atoms with Crippen molar-refractivity contribution in [1.82, 2.24) is 0 Å². The van der Waals surface area contributed by atoms with Gasteiger partial charge in [0.05, 0.1) is 0 Å². The van der Waals surface area contributed by atoms with Crippen LogP contribution in [0.5, 0.6) is 0 Å². The summed E-state index contributed by atoms with van der Waals surface area (Å²) < 4.78 is 16.8. The Bertz CT molecular complexity index is 1410. The Kier molecular flexibility index (Phi) is 57.4. The summed E-state index contributed by atoms with van der Waals surface area (Å²) in [6.07, 6.45) is 82.4. The SMILES string of the molecule is CCCCC/C=C\C/C=C\C/C=C\C/C=C\CCCC(=O)OCC(COC(=O)CCC/C=C\C/C=C\C/C=C\C/C=C\CCCCC)OC(=O)CCCCCCCCCCCCC/C=C\CCCCCCCC. The van der Waals surface area contributed by atoms with Crippen molar-refractivity contribution in [2.45, 2.75) is 284 Å². The predicted molar refractivity (Wildman–Crippen MR) is 316 cm³/mol. The summed E-state index contributed by atoms with van der Waals surface area (Å²) in [5, 5.41) is 0. The molecule has 0 saturated carbocycles. The second kappa shape index (κ2) is 60.6. The van der Waals surface area contributed by atoms with E-state index < -0.39 is 6.10 Å². The first-order chi connectivity index (χ1) is 36.0. The molecule has 0 aliphatic rings. The van der Waals surface area contributed by atoms with E-state index in [9.17, 15) is 14.4 Å². The van der Waals surface area contributed by atoms with Crippen molar-refractivity contribution < 1.29 is 28.6 Å². The van der Waals surface area contributed by atoms with Crippen LogP contribution in [0.15, 0.2) is 109 Å². The number of carbonyl (C=O) groups is 3. The van der Waals surface area contributed by atoms with Gasteiger partial charge in [-0.3, -0.25) is 14.4 Å². The molecule has 6 nitrogen and oxygen atoms in total. The molecule has 0 aromatic heterocycles. The largest absolute Gasteiger partial charge is 0.462 e. The zero-order chi connectivity index (χ0) is 52.9. The van der Waals surface area contributed by atoms with Crippen molar-refractivity contribution in [3.05, 3.63) is 109 Å². The lowest BCUT2D eigenvalue weighted by molar-refractivity contribution is -0.167. The van der Waals surface area contributed by atoms with Gasteiger partial charge in [0, 0.05) is 19.3 Å². The summed E-state index contributed by atoms with van der Waals surface area (Å²) in [7, 11) is 0. The van der Waals surface area contributed by atoms with Crippen molar-refractivity contribution in [3.63, 3.8) is 0 Å². The molecule has 0 aliphatic heterocycles. The lowest BCUT2D eigenvalue weighted by Crippen LogP contribution is -2.30. The zero-order valence-electron chi connectivity index (χ0n) is 47.6. The number of unbranched alkanes of at least 4 members (excludes halogenated alkanes) is 25. The molecule has 0 bridgehead atoms. The van der Waals surface area contributed by atoms with E-state index in [1.54, 1.807) is 0 Å². The lowest BCUT2D eigenvalue weighted by atomic mass is 10.0. The third kappa shape index (κ3) is 58.8. The summed E-state index contributed by atoms with van der Waals surface area (Å²) in [5.41, 5.74) is 0. The molecule has 0 unspecified atom stereocenters. The molecule has 0 rings (SSSR count). The van der Waals surface area contributed by atoms with Gasteiger partial charge < -0.3 is 14.2 Å². The van der Waals surface area contributed by atoms with E-state index in [0.29, 0.717) is 19.3 Å². The molecule has 0 aromatic carbocycles. The lowest BCUT2D eigenvalue weighted by Gasteiger charge is -2.18. The van der Waals surface area contributed by atoms with Crippen LogP contribution in [0, 0.1) is 0 Å². The van der Waals surface area contributed by atoms with Crippen LogP contribution in [0.4, 0.5) is 0 Å². The molecule has 0 fully saturated rings. The predicted octanol–water partition coefficient (Wildman–Crippen LogP) is 20.7. The van der Waals surface area contributed by atoms with Gasteiger partial charge in [0.15, 0.2) is 6.10 Å². The smallest absolute Gasteiger partial charge is 0.306 e. The highest BCUT2D eigenvalue weighted by atomic mass is 16.6. The van der Waals surface area contributed by atoms with Gasteiger partial charge in [0.2, 0.25) is 0 Å². The van der Waals surface area contributed by atoms with Crippen LogP contribution in [-0.4, -0.2) is 37.2 Å². The molecule has 6 heteroatoms. The molecular weight excluding hydrogens is 901 g/mol. The first-order valence-corrected chi connectivity index (χ1v) is 30.4. The van der Waals surface area contributed by atoms with Crippen LogP contribution in [0.2, 0.25) is 0 Å². The summed E-state index contributed by atoms with van der Waals surface area (Å²) in [4.78, 5) is 38.2. The maximum atomic E-state index is 12.9. The van der Waals surface area contributed by atoms with Crippen molar-refractivity contribution in [2.75, 3.05) is 13.2 Å². The third-order valence-corrected chi connectivity index (χ3v) is 12.7. The molecule has 0 heterocycles. The highest BCUT2D eigenvalue weighted by Crippen LogP contribution is 2.15. The van der Waals surface area contributed by atoms with Gasteiger partial charge in [0.1, 0.15) is 13.2 Å². The molecule has 0 aliphatic carbocycles. The number of carbonyl (C=O) groups excluding carboxylic acids is 3. The number of ether oxygens (including phenoxy) is 3. The summed E-state index contributed by atoms with van der Waals surface area (Å²) in [6.45, 7) is 6.50. The minimum Gasteiger partial charge on any atom is -0.462 e. The minimum atomic E-state index is -0.825. The van der Waals surface area contributed by atoms with Gasteiger partial charge in [-0.2, -0.15) is 0 Å². The van der Waals surface area contributed by atoms with Gasteiger partial charge in [-0.05, 0) is 122 Å². The maximum Gasteiger partial charge on any atom is 0.306 e. The molecule has 0 spiro atoms. The summed E-state index contributed by atoms with van der Waals surface area (Å²) in [5.74, 6) is -1.03. The minimum absolute atomic E-state index is 0.124. The maximum absolute atomic E-state index is 12.9. The summed E-state index contributed by atoms with van der Waals surface area (Å²) >= 11 is 0. The van der Waals surface area contributed by atoms with Crippen LogP contribution in [0.1, 0.15) is 278 Å². The molecule has 0 saturated heterocycles. The normalized spacial score (nSPS) is 12.5. The third-order valence-electron chi connectivity index (χ3n) is 12.7. The van der Waals surface area contributed by atoms with Crippen LogP contribution in [0.25, 0.3) is 0 Å².